The highest BCUT2D eigenvalue weighted by Crippen LogP contribution is 2.14. The highest BCUT2D eigenvalue weighted by atomic mass is 16.5. The second kappa shape index (κ2) is 7.77. The molecule has 0 atom stereocenters. The first-order chi connectivity index (χ1) is 9.79. The van der Waals surface area contributed by atoms with Crippen LogP contribution >= 0.6 is 0 Å². The summed E-state index contributed by atoms with van der Waals surface area (Å²) in [4.78, 5) is 17.9. The van der Waals surface area contributed by atoms with E-state index in [1.807, 2.05) is 17.0 Å². The number of carbonyl (C=O) groups excluding carboxylic acids is 1. The van der Waals surface area contributed by atoms with E-state index >= 15 is 0 Å². The number of aliphatic hydroxyl groups is 1. The van der Waals surface area contributed by atoms with E-state index in [4.69, 9.17) is 9.84 Å². The van der Waals surface area contributed by atoms with Gasteiger partial charge in [-0.05, 0) is 30.5 Å². The van der Waals surface area contributed by atoms with Crippen molar-refractivity contribution in [3.05, 3.63) is 36.2 Å². The maximum atomic E-state index is 12.0. The Kier molecular flexibility index (Phi) is 5.70. The van der Waals surface area contributed by atoms with Gasteiger partial charge in [-0.1, -0.05) is 6.07 Å². The van der Waals surface area contributed by atoms with E-state index in [0.29, 0.717) is 19.7 Å². The van der Waals surface area contributed by atoms with Crippen molar-refractivity contribution in [3.8, 4) is 0 Å². The first kappa shape index (κ1) is 14.7. The minimum atomic E-state index is 0.0226. The van der Waals surface area contributed by atoms with Crippen LogP contribution in [0.1, 0.15) is 18.4 Å². The van der Waals surface area contributed by atoms with Crippen molar-refractivity contribution >= 4 is 12.0 Å². The molecule has 2 heterocycles. The normalized spacial score (nSPS) is 16.8. The number of nitrogens with zero attached hydrogens (tertiary/aromatic N) is 2. The fourth-order valence-corrected chi connectivity index (χ4v) is 2.21. The van der Waals surface area contributed by atoms with Crippen LogP contribution in [-0.4, -0.2) is 53.3 Å². The number of carbonyl (C=O) groups is 1. The van der Waals surface area contributed by atoms with Crippen LogP contribution < -0.4 is 0 Å². The molecule has 0 saturated carbocycles. The van der Waals surface area contributed by atoms with E-state index in [1.165, 1.54) is 0 Å². The van der Waals surface area contributed by atoms with Crippen LogP contribution in [-0.2, 0) is 9.53 Å². The Hall–Kier alpha value is -1.72. The molecule has 1 N–H and O–H groups in total. The zero-order valence-electron chi connectivity index (χ0n) is 11.4. The molecule has 1 aliphatic heterocycles. The van der Waals surface area contributed by atoms with E-state index in [0.717, 1.165) is 18.4 Å². The first-order valence-electron chi connectivity index (χ1n) is 6.89. The van der Waals surface area contributed by atoms with Gasteiger partial charge < -0.3 is 14.7 Å². The highest BCUT2D eigenvalue weighted by molar-refractivity contribution is 5.91. The molecule has 5 nitrogen and oxygen atoms in total. The number of likely N-dealkylation sites (tertiary alicyclic amines) is 1. The third-order valence-electron chi connectivity index (χ3n) is 3.30. The lowest BCUT2D eigenvalue weighted by atomic mass is 10.1. The molecular formula is C15H20N2O3. The van der Waals surface area contributed by atoms with Gasteiger partial charge in [-0.2, -0.15) is 0 Å². The molecule has 20 heavy (non-hydrogen) atoms. The summed E-state index contributed by atoms with van der Waals surface area (Å²) in [5.74, 6) is 0.0226. The number of hydrogen-bond acceptors (Lipinski definition) is 4. The molecule has 0 radical (unpaired) electrons. The van der Waals surface area contributed by atoms with Gasteiger partial charge in [0, 0.05) is 31.6 Å². The van der Waals surface area contributed by atoms with Gasteiger partial charge in [-0.25, -0.2) is 0 Å². The number of aromatic nitrogens is 1. The molecule has 1 saturated heterocycles. The lowest BCUT2D eigenvalue weighted by molar-refractivity contribution is -0.128. The lowest BCUT2D eigenvalue weighted by Crippen LogP contribution is -2.40. The van der Waals surface area contributed by atoms with Crippen molar-refractivity contribution < 1.29 is 14.6 Å². The van der Waals surface area contributed by atoms with Gasteiger partial charge in [-0.15, -0.1) is 0 Å². The Labute approximate surface area is 118 Å². The third-order valence-corrected chi connectivity index (χ3v) is 3.30. The van der Waals surface area contributed by atoms with Crippen LogP contribution in [0.15, 0.2) is 30.6 Å². The van der Waals surface area contributed by atoms with Crippen LogP contribution in [0.2, 0.25) is 0 Å². The highest BCUT2D eigenvalue weighted by Gasteiger charge is 2.21. The molecule has 108 valence electrons. The van der Waals surface area contributed by atoms with Gasteiger partial charge >= 0.3 is 0 Å². The Balaban J connectivity index is 1.79. The average molecular weight is 276 g/mol. The zero-order chi connectivity index (χ0) is 14.2. The predicted molar refractivity (Wildman–Crippen MR) is 75.9 cm³/mol. The van der Waals surface area contributed by atoms with Gasteiger partial charge in [0.15, 0.2) is 0 Å². The summed E-state index contributed by atoms with van der Waals surface area (Å²) in [6.07, 6.45) is 8.61. The van der Waals surface area contributed by atoms with Gasteiger partial charge in [0.2, 0.25) is 5.91 Å². The van der Waals surface area contributed by atoms with Crippen LogP contribution in [0.25, 0.3) is 6.08 Å². The van der Waals surface area contributed by atoms with E-state index in [1.54, 1.807) is 24.5 Å². The summed E-state index contributed by atoms with van der Waals surface area (Å²) >= 11 is 0. The summed E-state index contributed by atoms with van der Waals surface area (Å²) in [6.45, 7) is 1.82. The molecule has 1 fully saturated rings. The van der Waals surface area contributed by atoms with E-state index in [2.05, 4.69) is 4.98 Å². The van der Waals surface area contributed by atoms with Gasteiger partial charge in [-0.3, -0.25) is 9.78 Å². The molecule has 1 aliphatic rings. The molecule has 0 bridgehead atoms. The molecule has 1 aromatic heterocycles. The number of ether oxygens (including phenoxy) is 1. The van der Waals surface area contributed by atoms with Crippen molar-refractivity contribution in [2.24, 2.45) is 0 Å². The molecule has 0 spiro atoms. The van der Waals surface area contributed by atoms with Crippen LogP contribution in [0.3, 0.4) is 0 Å². The van der Waals surface area contributed by atoms with Crippen LogP contribution in [0, 0.1) is 0 Å². The number of amides is 1. The molecule has 5 heteroatoms. The Morgan fingerprint density at radius 3 is 2.95 bits per heavy atom. The van der Waals surface area contributed by atoms with Gasteiger partial charge in [0.25, 0.3) is 0 Å². The minimum absolute atomic E-state index is 0.0226. The average Bonchev–Trinajstić information content (AvgIpc) is 2.52. The minimum Gasteiger partial charge on any atom is -0.394 e. The van der Waals surface area contributed by atoms with Crippen molar-refractivity contribution in [2.45, 2.75) is 18.9 Å². The summed E-state index contributed by atoms with van der Waals surface area (Å²) in [7, 11) is 0. The van der Waals surface area contributed by atoms with Crippen molar-refractivity contribution in [2.75, 3.05) is 26.3 Å². The number of aliphatic hydroxyl groups excluding tert-OH is 1. The Morgan fingerprint density at radius 2 is 2.30 bits per heavy atom. The summed E-state index contributed by atoms with van der Waals surface area (Å²) in [5.41, 5.74) is 0.919. The Morgan fingerprint density at radius 1 is 1.50 bits per heavy atom. The maximum absolute atomic E-state index is 12.0. The fourth-order valence-electron chi connectivity index (χ4n) is 2.21. The standard InChI is InChI=1S/C15H20N2O3/c18-10-11-20-14-5-8-17(9-6-14)15(19)4-3-13-2-1-7-16-12-13/h1-4,7,12,14,18H,5-6,8-11H2/b4-3+. The quantitative estimate of drug-likeness (QED) is 0.818. The lowest BCUT2D eigenvalue weighted by Gasteiger charge is -2.31. The number of pyridine rings is 1. The van der Waals surface area contributed by atoms with Gasteiger partial charge in [0.05, 0.1) is 19.3 Å². The fraction of sp³-hybridized carbons (Fsp3) is 0.467. The number of hydrogen-bond donors (Lipinski definition) is 1. The first-order valence-corrected chi connectivity index (χ1v) is 6.89. The number of piperidine rings is 1. The zero-order valence-corrected chi connectivity index (χ0v) is 11.4. The van der Waals surface area contributed by atoms with Crippen molar-refractivity contribution in [1.29, 1.82) is 0 Å². The van der Waals surface area contributed by atoms with Gasteiger partial charge in [0.1, 0.15) is 0 Å². The van der Waals surface area contributed by atoms with E-state index < -0.39 is 0 Å². The summed E-state index contributed by atoms with van der Waals surface area (Å²) in [6, 6.07) is 3.75. The van der Waals surface area contributed by atoms with E-state index in [-0.39, 0.29) is 18.6 Å². The van der Waals surface area contributed by atoms with E-state index in [9.17, 15) is 4.79 Å². The maximum Gasteiger partial charge on any atom is 0.246 e. The topological polar surface area (TPSA) is 62.7 Å². The molecule has 0 unspecified atom stereocenters. The molecule has 0 aliphatic carbocycles. The second-order valence-corrected chi connectivity index (χ2v) is 4.74. The SMILES string of the molecule is O=C(/C=C/c1cccnc1)N1CCC(OCCO)CC1. The smallest absolute Gasteiger partial charge is 0.246 e. The Bertz CT molecular complexity index is 440. The molecule has 1 aromatic rings. The monoisotopic (exact) mass is 276 g/mol. The second-order valence-electron chi connectivity index (χ2n) is 4.74. The number of rotatable bonds is 5. The third kappa shape index (κ3) is 4.43. The molecule has 0 aromatic carbocycles. The van der Waals surface area contributed by atoms with Crippen LogP contribution in [0.5, 0.6) is 0 Å². The molecule has 2 rings (SSSR count). The van der Waals surface area contributed by atoms with Crippen molar-refractivity contribution in [1.82, 2.24) is 9.88 Å². The summed E-state index contributed by atoms with van der Waals surface area (Å²) < 4.78 is 5.48. The summed E-state index contributed by atoms with van der Waals surface area (Å²) in [5, 5.41) is 8.71. The molecule has 1 amide bonds. The van der Waals surface area contributed by atoms with Crippen LogP contribution in [0.4, 0.5) is 0 Å². The van der Waals surface area contributed by atoms with Crippen molar-refractivity contribution in [3.63, 3.8) is 0 Å². The predicted octanol–water partition coefficient (Wildman–Crippen LogP) is 1.09. The molecular weight excluding hydrogens is 256 g/mol. The largest absolute Gasteiger partial charge is 0.394 e.